The Labute approximate surface area is 58.0 Å². The number of aliphatic hydroxyl groups excluding tert-OH is 3. The number of ether oxygens (including phenoxy) is 1. The van der Waals surface area contributed by atoms with Crippen molar-refractivity contribution in [3.63, 3.8) is 0 Å². The molecule has 0 unspecified atom stereocenters. The highest BCUT2D eigenvalue weighted by Gasteiger charge is 2.35. The molecular formula is C5H11NO4. The van der Waals surface area contributed by atoms with E-state index in [1.807, 2.05) is 0 Å². The summed E-state index contributed by atoms with van der Waals surface area (Å²) in [5, 5.41) is 26.8. The maximum Gasteiger partial charge on any atom is 0.134 e. The third kappa shape index (κ3) is 1.28. The van der Waals surface area contributed by atoms with Gasteiger partial charge in [0.15, 0.2) is 0 Å². The molecule has 0 radical (unpaired) electrons. The van der Waals surface area contributed by atoms with Gasteiger partial charge in [0.1, 0.15) is 24.5 Å². The highest BCUT2D eigenvalue weighted by molar-refractivity contribution is 4.83. The molecule has 0 spiro atoms. The summed E-state index contributed by atoms with van der Waals surface area (Å²) in [6.45, 7) is -0.0284. The highest BCUT2D eigenvalue weighted by atomic mass is 16.5. The maximum atomic E-state index is 8.96. The van der Waals surface area contributed by atoms with E-state index in [-0.39, 0.29) is 6.61 Å². The molecule has 4 atom stereocenters. The average Bonchev–Trinajstić information content (AvgIpc) is 1.93. The largest absolute Gasteiger partial charge is 0.388 e. The van der Waals surface area contributed by atoms with E-state index in [4.69, 9.17) is 25.8 Å². The van der Waals surface area contributed by atoms with Crippen molar-refractivity contribution in [2.45, 2.75) is 24.5 Å². The molecule has 0 bridgehead atoms. The lowest BCUT2D eigenvalue weighted by molar-refractivity contribution is -0.184. The number of nitrogens with two attached hydrogens (primary N) is 1. The van der Waals surface area contributed by atoms with Gasteiger partial charge in [-0.2, -0.15) is 0 Å². The van der Waals surface area contributed by atoms with Crippen LogP contribution in [0.15, 0.2) is 0 Å². The van der Waals surface area contributed by atoms with Crippen LogP contribution in [0.2, 0.25) is 0 Å². The topological polar surface area (TPSA) is 95.9 Å². The van der Waals surface area contributed by atoms with Crippen molar-refractivity contribution in [2.75, 3.05) is 6.61 Å². The Bertz CT molecular complexity index is 106. The Morgan fingerprint density at radius 3 is 2.30 bits per heavy atom. The zero-order valence-corrected chi connectivity index (χ0v) is 5.34. The van der Waals surface area contributed by atoms with Gasteiger partial charge in [0.2, 0.25) is 0 Å². The van der Waals surface area contributed by atoms with Gasteiger partial charge in [-0.25, -0.2) is 0 Å². The maximum absolute atomic E-state index is 8.96. The lowest BCUT2D eigenvalue weighted by atomic mass is 10.1. The fourth-order valence-corrected chi connectivity index (χ4v) is 0.829. The summed E-state index contributed by atoms with van der Waals surface area (Å²) < 4.78 is 4.69. The molecule has 60 valence electrons. The van der Waals surface area contributed by atoms with Gasteiger partial charge in [0, 0.05) is 0 Å². The van der Waals surface area contributed by atoms with Crippen LogP contribution in [-0.2, 0) is 4.74 Å². The SMILES string of the molecule is N[C@H]1OC[C@@H](O)[C@H](O)[C@H]1O. The number of hydrogen-bond donors (Lipinski definition) is 4. The molecule has 1 heterocycles. The van der Waals surface area contributed by atoms with Gasteiger partial charge < -0.3 is 25.8 Å². The summed E-state index contributed by atoms with van der Waals surface area (Å²) in [6.07, 6.45) is -4.30. The molecule has 1 rings (SSSR count). The van der Waals surface area contributed by atoms with Crippen LogP contribution in [0, 0.1) is 0 Å². The van der Waals surface area contributed by atoms with Crippen molar-refractivity contribution in [3.05, 3.63) is 0 Å². The molecular weight excluding hydrogens is 138 g/mol. The summed E-state index contributed by atoms with van der Waals surface area (Å²) in [6, 6.07) is 0. The minimum atomic E-state index is -1.19. The van der Waals surface area contributed by atoms with Gasteiger partial charge in [-0.1, -0.05) is 0 Å². The average molecular weight is 149 g/mol. The Balaban J connectivity index is 2.52. The molecule has 5 heteroatoms. The van der Waals surface area contributed by atoms with E-state index in [2.05, 4.69) is 0 Å². The van der Waals surface area contributed by atoms with E-state index >= 15 is 0 Å². The van der Waals surface area contributed by atoms with E-state index in [0.29, 0.717) is 0 Å². The second-order valence-electron chi connectivity index (χ2n) is 2.35. The van der Waals surface area contributed by atoms with E-state index in [9.17, 15) is 0 Å². The monoisotopic (exact) mass is 149 g/mol. The Kier molecular flexibility index (Phi) is 2.22. The first-order valence-corrected chi connectivity index (χ1v) is 3.04. The van der Waals surface area contributed by atoms with Crippen molar-refractivity contribution < 1.29 is 20.1 Å². The van der Waals surface area contributed by atoms with E-state index < -0.39 is 24.5 Å². The quantitative estimate of drug-likeness (QED) is 0.302. The molecule has 5 N–H and O–H groups in total. The molecule has 1 fully saturated rings. The lowest BCUT2D eigenvalue weighted by Gasteiger charge is -2.32. The third-order valence-electron chi connectivity index (χ3n) is 1.54. The number of aliphatic hydroxyl groups is 3. The summed E-state index contributed by atoms with van der Waals surface area (Å²) in [5.41, 5.74) is 5.19. The summed E-state index contributed by atoms with van der Waals surface area (Å²) in [4.78, 5) is 0. The second kappa shape index (κ2) is 2.81. The van der Waals surface area contributed by atoms with E-state index in [1.165, 1.54) is 0 Å². The fourth-order valence-electron chi connectivity index (χ4n) is 0.829. The molecule has 10 heavy (non-hydrogen) atoms. The summed E-state index contributed by atoms with van der Waals surface area (Å²) in [5.74, 6) is 0. The van der Waals surface area contributed by atoms with Crippen LogP contribution in [-0.4, -0.2) is 46.5 Å². The summed E-state index contributed by atoms with van der Waals surface area (Å²) >= 11 is 0. The van der Waals surface area contributed by atoms with Gasteiger partial charge in [-0.15, -0.1) is 0 Å². The smallest absolute Gasteiger partial charge is 0.134 e. The normalized spacial score (nSPS) is 49.2. The minimum Gasteiger partial charge on any atom is -0.388 e. The molecule has 0 aromatic rings. The van der Waals surface area contributed by atoms with Crippen LogP contribution in [0.5, 0.6) is 0 Å². The molecule has 1 aliphatic rings. The fraction of sp³-hybridized carbons (Fsp3) is 1.00. The van der Waals surface area contributed by atoms with Gasteiger partial charge in [0.25, 0.3) is 0 Å². The highest BCUT2D eigenvalue weighted by Crippen LogP contribution is 2.11. The molecule has 0 aliphatic carbocycles. The number of hydrogen-bond acceptors (Lipinski definition) is 5. The molecule has 5 nitrogen and oxygen atoms in total. The first-order valence-electron chi connectivity index (χ1n) is 3.04. The standard InChI is InChI=1S/C5H11NO4/c6-5-4(9)3(8)2(7)1-10-5/h2-5,7-9H,1,6H2/t2-,3+,4-,5+/m1/s1. The van der Waals surface area contributed by atoms with Crippen LogP contribution in [0.25, 0.3) is 0 Å². The minimum absolute atomic E-state index is 0.0284. The molecule has 1 aliphatic heterocycles. The molecule has 0 aromatic heterocycles. The Morgan fingerprint density at radius 2 is 1.80 bits per heavy atom. The van der Waals surface area contributed by atoms with Crippen LogP contribution in [0.1, 0.15) is 0 Å². The summed E-state index contributed by atoms with van der Waals surface area (Å²) in [7, 11) is 0. The second-order valence-corrected chi connectivity index (χ2v) is 2.35. The molecule has 1 saturated heterocycles. The van der Waals surface area contributed by atoms with Crippen LogP contribution < -0.4 is 5.73 Å². The first kappa shape index (κ1) is 7.90. The molecule has 0 amide bonds. The van der Waals surface area contributed by atoms with Gasteiger partial charge in [-0.05, 0) is 0 Å². The number of rotatable bonds is 0. The zero-order valence-electron chi connectivity index (χ0n) is 5.34. The van der Waals surface area contributed by atoms with Crippen LogP contribution in [0.4, 0.5) is 0 Å². The molecule has 0 saturated carbocycles. The van der Waals surface area contributed by atoms with Crippen molar-refractivity contribution in [1.82, 2.24) is 0 Å². The predicted octanol–water partition coefficient (Wildman–Crippen LogP) is -2.62. The first-order chi connectivity index (χ1) is 4.63. The van der Waals surface area contributed by atoms with Crippen LogP contribution >= 0.6 is 0 Å². The van der Waals surface area contributed by atoms with Crippen molar-refractivity contribution in [2.24, 2.45) is 5.73 Å². The van der Waals surface area contributed by atoms with Gasteiger partial charge in [0.05, 0.1) is 6.61 Å². The Hall–Kier alpha value is -0.200. The lowest BCUT2D eigenvalue weighted by Crippen LogP contribution is -2.56. The van der Waals surface area contributed by atoms with Crippen molar-refractivity contribution in [1.29, 1.82) is 0 Å². The van der Waals surface area contributed by atoms with Crippen molar-refractivity contribution in [3.8, 4) is 0 Å². The van der Waals surface area contributed by atoms with Gasteiger partial charge >= 0.3 is 0 Å². The van der Waals surface area contributed by atoms with E-state index in [0.717, 1.165) is 0 Å². The van der Waals surface area contributed by atoms with Crippen LogP contribution in [0.3, 0.4) is 0 Å². The van der Waals surface area contributed by atoms with E-state index in [1.54, 1.807) is 0 Å². The molecule has 0 aromatic carbocycles. The predicted molar refractivity (Wildman–Crippen MR) is 31.9 cm³/mol. The van der Waals surface area contributed by atoms with Gasteiger partial charge in [-0.3, -0.25) is 0 Å². The Morgan fingerprint density at radius 1 is 1.20 bits per heavy atom. The zero-order chi connectivity index (χ0) is 7.72. The van der Waals surface area contributed by atoms with Crippen molar-refractivity contribution >= 4 is 0 Å². The third-order valence-corrected chi connectivity index (χ3v) is 1.54.